The first-order chi connectivity index (χ1) is 14.4. The summed E-state index contributed by atoms with van der Waals surface area (Å²) in [4.78, 5) is 25.7. The highest BCUT2D eigenvalue weighted by Gasteiger charge is 2.31. The number of hydrogen-bond donors (Lipinski definition) is 0. The Bertz CT molecular complexity index is 993. The normalized spacial score (nSPS) is 15.0. The van der Waals surface area contributed by atoms with Crippen molar-refractivity contribution in [2.75, 3.05) is 6.79 Å². The molecule has 7 nitrogen and oxygen atoms in total. The van der Waals surface area contributed by atoms with Crippen molar-refractivity contribution in [3.8, 4) is 11.5 Å². The molecule has 0 radical (unpaired) electrons. The summed E-state index contributed by atoms with van der Waals surface area (Å²) < 4.78 is 10.5. The van der Waals surface area contributed by atoms with E-state index in [2.05, 4.69) is 38.1 Å². The summed E-state index contributed by atoms with van der Waals surface area (Å²) in [5, 5.41) is 11.4. The zero-order chi connectivity index (χ0) is 21.3. The van der Waals surface area contributed by atoms with Crippen LogP contribution in [0.1, 0.15) is 49.3 Å². The predicted molar refractivity (Wildman–Crippen MR) is 112 cm³/mol. The van der Waals surface area contributed by atoms with E-state index in [0.29, 0.717) is 29.5 Å². The van der Waals surface area contributed by atoms with Gasteiger partial charge >= 0.3 is 0 Å². The fourth-order valence-electron chi connectivity index (χ4n) is 3.47. The third-order valence-electron chi connectivity index (χ3n) is 5.39. The van der Waals surface area contributed by atoms with Gasteiger partial charge in [-0.3, -0.25) is 14.9 Å². The fraction of sp³-hybridized carbons (Fsp3) is 0.348. The molecule has 1 amide bonds. The van der Waals surface area contributed by atoms with Gasteiger partial charge in [0.05, 0.1) is 16.6 Å². The molecule has 0 unspecified atom stereocenters. The van der Waals surface area contributed by atoms with Gasteiger partial charge in [-0.25, -0.2) is 0 Å². The van der Waals surface area contributed by atoms with Gasteiger partial charge in [-0.15, -0.1) is 0 Å². The van der Waals surface area contributed by atoms with E-state index in [1.165, 1.54) is 29.8 Å². The maximum absolute atomic E-state index is 12.9. The number of nitro groups is 1. The monoisotopic (exact) mass is 408 g/mol. The Morgan fingerprint density at radius 2 is 1.87 bits per heavy atom. The molecule has 0 bridgehead atoms. The van der Waals surface area contributed by atoms with Crippen molar-refractivity contribution < 1.29 is 19.2 Å². The van der Waals surface area contributed by atoms with Crippen LogP contribution in [0.15, 0.2) is 42.5 Å². The van der Waals surface area contributed by atoms with Crippen LogP contribution in [0.5, 0.6) is 11.5 Å². The molecule has 7 heteroatoms. The molecule has 1 aliphatic carbocycles. The van der Waals surface area contributed by atoms with Crippen LogP contribution in [-0.4, -0.2) is 28.6 Å². The van der Waals surface area contributed by atoms with E-state index in [4.69, 9.17) is 9.47 Å². The number of hydrogen-bond acceptors (Lipinski definition) is 5. The first-order valence-corrected chi connectivity index (χ1v) is 10.1. The number of ether oxygens (including phenoxy) is 2. The molecule has 1 fully saturated rings. The summed E-state index contributed by atoms with van der Waals surface area (Å²) in [5.74, 6) is 1.09. The van der Waals surface area contributed by atoms with E-state index in [1.807, 2.05) is 4.90 Å². The zero-order valence-corrected chi connectivity index (χ0v) is 17.0. The maximum atomic E-state index is 12.9. The molecule has 1 saturated carbocycles. The van der Waals surface area contributed by atoms with Crippen LogP contribution in [0.3, 0.4) is 0 Å². The number of amides is 1. The highest BCUT2D eigenvalue weighted by molar-refractivity contribution is 5.93. The molecule has 2 aromatic carbocycles. The summed E-state index contributed by atoms with van der Waals surface area (Å²) >= 11 is 0. The van der Waals surface area contributed by atoms with Crippen molar-refractivity contribution in [3.63, 3.8) is 0 Å². The zero-order valence-electron chi connectivity index (χ0n) is 17.0. The topological polar surface area (TPSA) is 81.9 Å². The van der Waals surface area contributed by atoms with Gasteiger partial charge in [0, 0.05) is 18.7 Å². The molecular formula is C23H24N2O5. The Morgan fingerprint density at radius 3 is 2.47 bits per heavy atom. The Labute approximate surface area is 175 Å². The highest BCUT2D eigenvalue weighted by Crippen LogP contribution is 2.38. The second-order valence-electron chi connectivity index (χ2n) is 7.95. The van der Waals surface area contributed by atoms with Gasteiger partial charge in [0.15, 0.2) is 11.5 Å². The van der Waals surface area contributed by atoms with Crippen molar-refractivity contribution in [2.45, 2.75) is 45.2 Å². The van der Waals surface area contributed by atoms with E-state index in [1.54, 1.807) is 0 Å². The van der Waals surface area contributed by atoms with Gasteiger partial charge in [-0.2, -0.15) is 0 Å². The Kier molecular flexibility index (Phi) is 5.44. The minimum Gasteiger partial charge on any atom is -0.454 e. The summed E-state index contributed by atoms with van der Waals surface area (Å²) in [6.07, 6.45) is 4.85. The molecule has 156 valence electrons. The number of rotatable bonds is 7. The van der Waals surface area contributed by atoms with Gasteiger partial charge in [0.2, 0.25) is 12.7 Å². The van der Waals surface area contributed by atoms with E-state index in [-0.39, 0.29) is 24.4 Å². The summed E-state index contributed by atoms with van der Waals surface area (Å²) in [7, 11) is 0. The molecule has 0 saturated heterocycles. The second-order valence-corrected chi connectivity index (χ2v) is 7.95. The van der Waals surface area contributed by atoms with Crippen LogP contribution < -0.4 is 9.47 Å². The fourth-order valence-corrected chi connectivity index (χ4v) is 3.47. The third kappa shape index (κ3) is 4.30. The smallest absolute Gasteiger partial charge is 0.280 e. The number of carbonyl (C=O) groups is 1. The number of benzene rings is 2. The van der Waals surface area contributed by atoms with Crippen LogP contribution in [0, 0.1) is 10.1 Å². The van der Waals surface area contributed by atoms with Gasteiger partial charge in [-0.05, 0) is 42.0 Å². The van der Waals surface area contributed by atoms with Crippen molar-refractivity contribution in [3.05, 3.63) is 69.3 Å². The Hall–Kier alpha value is -3.35. The lowest BCUT2D eigenvalue weighted by atomic mass is 10.0. The Balaban J connectivity index is 1.52. The number of nitro benzene ring substituents is 1. The largest absolute Gasteiger partial charge is 0.454 e. The van der Waals surface area contributed by atoms with Crippen molar-refractivity contribution >= 4 is 17.7 Å². The molecule has 0 atom stereocenters. The molecule has 2 aliphatic rings. The SMILES string of the molecule is CC(C)c1ccc(CN(C(=O)/C=C/c2cc3c(cc2[N+](=O)[O-])OCO3)C2CC2)cc1. The molecule has 0 spiro atoms. The lowest BCUT2D eigenvalue weighted by molar-refractivity contribution is -0.385. The molecule has 0 aromatic heterocycles. The van der Waals surface area contributed by atoms with Crippen LogP contribution in [0.25, 0.3) is 6.08 Å². The minimum absolute atomic E-state index is 0.0314. The molecular weight excluding hydrogens is 384 g/mol. The standard InChI is InChI=1S/C23H24N2O5/c1-15(2)17-5-3-16(4-6-17)13-24(19-8-9-19)23(26)10-7-18-11-21-22(30-14-29-21)12-20(18)25(27)28/h3-7,10-12,15,19H,8-9,13-14H2,1-2H3/b10-7+. The summed E-state index contributed by atoms with van der Waals surface area (Å²) in [5.41, 5.74) is 2.53. The number of carbonyl (C=O) groups excluding carboxylic acids is 1. The van der Waals surface area contributed by atoms with Crippen molar-refractivity contribution in [1.29, 1.82) is 0 Å². The summed E-state index contributed by atoms with van der Waals surface area (Å²) in [6, 6.07) is 11.4. The molecule has 0 N–H and O–H groups in total. The van der Waals surface area contributed by atoms with E-state index < -0.39 is 4.92 Å². The molecule has 30 heavy (non-hydrogen) atoms. The lowest BCUT2D eigenvalue weighted by Gasteiger charge is -2.21. The van der Waals surface area contributed by atoms with Crippen LogP contribution >= 0.6 is 0 Å². The van der Waals surface area contributed by atoms with Crippen molar-refractivity contribution in [1.82, 2.24) is 4.90 Å². The van der Waals surface area contributed by atoms with Gasteiger partial charge in [0.25, 0.3) is 5.69 Å². The van der Waals surface area contributed by atoms with Gasteiger partial charge in [-0.1, -0.05) is 38.1 Å². The molecule has 1 heterocycles. The van der Waals surface area contributed by atoms with E-state index in [0.717, 1.165) is 18.4 Å². The second kappa shape index (κ2) is 8.18. The lowest BCUT2D eigenvalue weighted by Crippen LogP contribution is -2.31. The molecule has 2 aromatic rings. The Morgan fingerprint density at radius 1 is 1.20 bits per heavy atom. The first kappa shape index (κ1) is 19.9. The third-order valence-corrected chi connectivity index (χ3v) is 5.39. The van der Waals surface area contributed by atoms with Gasteiger partial charge < -0.3 is 14.4 Å². The minimum atomic E-state index is -0.485. The highest BCUT2D eigenvalue weighted by atomic mass is 16.7. The average molecular weight is 408 g/mol. The molecule has 1 aliphatic heterocycles. The summed E-state index contributed by atoms with van der Waals surface area (Å²) in [6.45, 7) is 4.85. The maximum Gasteiger partial charge on any atom is 0.280 e. The van der Waals surface area contributed by atoms with Crippen LogP contribution in [0.4, 0.5) is 5.69 Å². The molecule has 4 rings (SSSR count). The van der Waals surface area contributed by atoms with Crippen molar-refractivity contribution in [2.24, 2.45) is 0 Å². The van der Waals surface area contributed by atoms with E-state index >= 15 is 0 Å². The first-order valence-electron chi connectivity index (χ1n) is 10.1. The average Bonchev–Trinajstić information content (AvgIpc) is 3.46. The van der Waals surface area contributed by atoms with Gasteiger partial charge in [0.1, 0.15) is 0 Å². The van der Waals surface area contributed by atoms with E-state index in [9.17, 15) is 14.9 Å². The number of fused-ring (bicyclic) bond motifs is 1. The quantitative estimate of drug-likeness (QED) is 0.378. The van der Waals surface area contributed by atoms with Crippen LogP contribution in [0.2, 0.25) is 0 Å². The van der Waals surface area contributed by atoms with Crippen LogP contribution in [-0.2, 0) is 11.3 Å². The predicted octanol–water partition coefficient (Wildman–Crippen LogP) is 4.65. The number of nitrogens with zero attached hydrogens (tertiary/aromatic N) is 2.